The molecule has 1 saturated carbocycles. The highest BCUT2D eigenvalue weighted by Crippen LogP contribution is 2.32. The van der Waals surface area contributed by atoms with Gasteiger partial charge in [0.2, 0.25) is 10.0 Å². The molecule has 0 saturated heterocycles. The van der Waals surface area contributed by atoms with Crippen LogP contribution in [0.25, 0.3) is 0 Å². The molecule has 0 heterocycles. The summed E-state index contributed by atoms with van der Waals surface area (Å²) in [6.45, 7) is 0.0750. The van der Waals surface area contributed by atoms with E-state index in [0.29, 0.717) is 5.56 Å². The van der Waals surface area contributed by atoms with Gasteiger partial charge < -0.3 is 4.90 Å². The summed E-state index contributed by atoms with van der Waals surface area (Å²) in [6.07, 6.45) is 1.70. The summed E-state index contributed by atoms with van der Waals surface area (Å²) in [5.74, 6) is -0.730. The highest BCUT2D eigenvalue weighted by Gasteiger charge is 2.34. The van der Waals surface area contributed by atoms with Crippen LogP contribution in [0.15, 0.2) is 47.4 Å². The van der Waals surface area contributed by atoms with Crippen LogP contribution in [0.2, 0.25) is 5.02 Å². The summed E-state index contributed by atoms with van der Waals surface area (Å²) in [5, 5.41) is 0.277. The van der Waals surface area contributed by atoms with E-state index >= 15 is 0 Å². The average molecular weight is 397 g/mol. The first kappa shape index (κ1) is 18.8. The Hall–Kier alpha value is -1.96. The molecule has 5 nitrogen and oxygen atoms in total. The van der Waals surface area contributed by atoms with Crippen molar-refractivity contribution in [1.29, 1.82) is 0 Å². The van der Waals surface area contributed by atoms with Crippen LogP contribution < -0.4 is 4.72 Å². The number of sulfonamides is 1. The molecule has 138 valence electrons. The zero-order valence-electron chi connectivity index (χ0n) is 14.1. The van der Waals surface area contributed by atoms with Gasteiger partial charge >= 0.3 is 0 Å². The summed E-state index contributed by atoms with van der Waals surface area (Å²) >= 11 is 6.08. The molecule has 1 aliphatic rings. The maximum atomic E-state index is 14.1. The minimum absolute atomic E-state index is 0.0406. The Morgan fingerprint density at radius 3 is 2.42 bits per heavy atom. The molecular weight excluding hydrogens is 379 g/mol. The Morgan fingerprint density at radius 1 is 1.23 bits per heavy atom. The zero-order valence-corrected chi connectivity index (χ0v) is 15.6. The van der Waals surface area contributed by atoms with E-state index in [1.807, 2.05) is 0 Å². The summed E-state index contributed by atoms with van der Waals surface area (Å²) in [7, 11) is -2.25. The summed E-state index contributed by atoms with van der Waals surface area (Å²) in [6, 6.07) is 10.1. The predicted octanol–water partition coefficient (Wildman–Crippen LogP) is 3.19. The topological polar surface area (TPSA) is 66.5 Å². The fraction of sp³-hybridized carbons (Fsp3) is 0.278. The lowest BCUT2D eigenvalue weighted by Gasteiger charge is -2.23. The van der Waals surface area contributed by atoms with Crippen LogP contribution in [0.3, 0.4) is 0 Å². The Morgan fingerprint density at radius 2 is 1.88 bits per heavy atom. The van der Waals surface area contributed by atoms with Crippen molar-refractivity contribution in [3.8, 4) is 0 Å². The number of hydrogen-bond donors (Lipinski definition) is 1. The molecule has 0 spiro atoms. The fourth-order valence-corrected chi connectivity index (χ4v) is 3.62. The smallest absolute Gasteiger partial charge is 0.254 e. The molecule has 8 heteroatoms. The molecule has 2 aromatic carbocycles. The van der Waals surface area contributed by atoms with E-state index in [-0.39, 0.29) is 34.0 Å². The number of nitrogens with zero attached hydrogens (tertiary/aromatic N) is 1. The standard InChI is InChI=1S/C18H18ClFN2O3S/c1-21-26(24,25)14-9-5-12(6-10-14)18(23)22(13-7-8-13)11-15-16(19)3-2-4-17(15)20/h2-6,9-10,13,21H,7-8,11H2,1H3. The molecule has 0 radical (unpaired) electrons. The molecule has 1 N–H and O–H groups in total. The van der Waals surface area contributed by atoms with Gasteiger partial charge in [-0.3, -0.25) is 4.79 Å². The lowest BCUT2D eigenvalue weighted by Crippen LogP contribution is -2.33. The van der Waals surface area contributed by atoms with Gasteiger partial charge in [-0.1, -0.05) is 17.7 Å². The van der Waals surface area contributed by atoms with Gasteiger partial charge in [0.15, 0.2) is 0 Å². The molecule has 26 heavy (non-hydrogen) atoms. The zero-order chi connectivity index (χ0) is 18.9. The second kappa shape index (κ2) is 7.34. The largest absolute Gasteiger partial charge is 0.331 e. The third kappa shape index (κ3) is 3.90. The van der Waals surface area contributed by atoms with E-state index < -0.39 is 15.8 Å². The average Bonchev–Trinajstić information content (AvgIpc) is 3.46. The predicted molar refractivity (Wildman–Crippen MR) is 97.0 cm³/mol. The second-order valence-corrected chi connectivity index (χ2v) is 8.39. The van der Waals surface area contributed by atoms with Gasteiger partial charge in [0.05, 0.1) is 11.4 Å². The van der Waals surface area contributed by atoms with Crippen LogP contribution in [-0.2, 0) is 16.6 Å². The van der Waals surface area contributed by atoms with Crippen LogP contribution in [-0.4, -0.2) is 32.3 Å². The number of nitrogens with one attached hydrogen (secondary N) is 1. The number of benzene rings is 2. The van der Waals surface area contributed by atoms with Gasteiger partial charge in [0.25, 0.3) is 5.91 Å². The SMILES string of the molecule is CNS(=O)(=O)c1ccc(C(=O)N(Cc2c(F)cccc2Cl)C2CC2)cc1. The van der Waals surface area contributed by atoms with Crippen molar-refractivity contribution in [1.82, 2.24) is 9.62 Å². The monoisotopic (exact) mass is 396 g/mol. The third-order valence-corrected chi connectivity index (χ3v) is 6.10. The van der Waals surface area contributed by atoms with Gasteiger partial charge in [-0.25, -0.2) is 17.5 Å². The number of halogens is 2. The molecule has 2 aromatic rings. The number of rotatable bonds is 6. The highest BCUT2D eigenvalue weighted by atomic mass is 35.5. The minimum atomic E-state index is -3.57. The van der Waals surface area contributed by atoms with E-state index in [1.165, 1.54) is 43.4 Å². The molecule has 1 aliphatic carbocycles. The van der Waals surface area contributed by atoms with Gasteiger partial charge in [-0.05, 0) is 56.3 Å². The number of amides is 1. The fourth-order valence-electron chi connectivity index (χ4n) is 2.67. The van der Waals surface area contributed by atoms with Crippen molar-refractivity contribution in [3.05, 3.63) is 64.4 Å². The maximum Gasteiger partial charge on any atom is 0.254 e. The van der Waals surface area contributed by atoms with E-state index in [4.69, 9.17) is 11.6 Å². The van der Waals surface area contributed by atoms with E-state index in [1.54, 1.807) is 11.0 Å². The van der Waals surface area contributed by atoms with Crippen LogP contribution in [0.4, 0.5) is 4.39 Å². The Bertz CT molecular complexity index is 908. The first-order valence-corrected chi connectivity index (χ1v) is 9.97. The van der Waals surface area contributed by atoms with Gasteiger partial charge in [-0.2, -0.15) is 0 Å². The molecule has 0 unspecified atom stereocenters. The Kier molecular flexibility index (Phi) is 5.32. The number of hydrogen-bond acceptors (Lipinski definition) is 3. The second-order valence-electron chi connectivity index (χ2n) is 6.10. The molecule has 3 rings (SSSR count). The lowest BCUT2D eigenvalue weighted by molar-refractivity contribution is 0.0728. The minimum Gasteiger partial charge on any atom is -0.331 e. The van der Waals surface area contributed by atoms with Crippen molar-refractivity contribution in [3.63, 3.8) is 0 Å². The van der Waals surface area contributed by atoms with Crippen LogP contribution in [0.5, 0.6) is 0 Å². The van der Waals surface area contributed by atoms with Crippen LogP contribution in [0, 0.1) is 5.82 Å². The van der Waals surface area contributed by atoms with Crippen LogP contribution in [0.1, 0.15) is 28.8 Å². The summed E-state index contributed by atoms with van der Waals surface area (Å²) in [4.78, 5) is 14.5. The summed E-state index contributed by atoms with van der Waals surface area (Å²) < 4.78 is 39.9. The molecule has 1 amide bonds. The van der Waals surface area contributed by atoms with Gasteiger partial charge in [0, 0.05) is 22.2 Å². The first-order chi connectivity index (χ1) is 12.3. The molecule has 0 bridgehead atoms. The summed E-state index contributed by atoms with van der Waals surface area (Å²) in [5.41, 5.74) is 0.628. The number of carbonyl (C=O) groups is 1. The first-order valence-electron chi connectivity index (χ1n) is 8.11. The van der Waals surface area contributed by atoms with Crippen molar-refractivity contribution in [2.75, 3.05) is 7.05 Å². The molecule has 0 atom stereocenters. The van der Waals surface area contributed by atoms with Gasteiger partial charge in [-0.15, -0.1) is 0 Å². The quantitative estimate of drug-likeness (QED) is 0.815. The van der Waals surface area contributed by atoms with E-state index in [2.05, 4.69) is 4.72 Å². The van der Waals surface area contributed by atoms with Crippen molar-refractivity contribution in [2.45, 2.75) is 30.3 Å². The Labute approximate surface area is 156 Å². The maximum absolute atomic E-state index is 14.1. The number of carbonyl (C=O) groups excluding carboxylic acids is 1. The molecule has 1 fully saturated rings. The molecule has 0 aliphatic heterocycles. The Balaban J connectivity index is 1.86. The normalized spacial score (nSPS) is 14.3. The van der Waals surface area contributed by atoms with E-state index in [0.717, 1.165) is 12.8 Å². The third-order valence-electron chi connectivity index (χ3n) is 4.32. The molecule has 0 aromatic heterocycles. The van der Waals surface area contributed by atoms with Gasteiger partial charge in [0.1, 0.15) is 5.82 Å². The van der Waals surface area contributed by atoms with E-state index in [9.17, 15) is 17.6 Å². The van der Waals surface area contributed by atoms with Crippen molar-refractivity contribution in [2.24, 2.45) is 0 Å². The van der Waals surface area contributed by atoms with Crippen molar-refractivity contribution < 1.29 is 17.6 Å². The van der Waals surface area contributed by atoms with Crippen molar-refractivity contribution >= 4 is 27.5 Å². The molecular formula is C18H18ClFN2O3S. The van der Waals surface area contributed by atoms with Crippen LogP contribution >= 0.6 is 11.6 Å². The lowest BCUT2D eigenvalue weighted by atomic mass is 10.1. The highest BCUT2D eigenvalue weighted by molar-refractivity contribution is 7.89.